The zero-order chi connectivity index (χ0) is 65.0. The van der Waals surface area contributed by atoms with Gasteiger partial charge in [0.25, 0.3) is 0 Å². The van der Waals surface area contributed by atoms with E-state index in [2.05, 4.69) is 62.8 Å². The van der Waals surface area contributed by atoms with E-state index in [1.54, 1.807) is 68.6 Å². The van der Waals surface area contributed by atoms with Crippen LogP contribution in [0.3, 0.4) is 0 Å². The van der Waals surface area contributed by atoms with Crippen molar-refractivity contribution in [2.24, 2.45) is 35.0 Å². The molecule has 28 nitrogen and oxygen atoms in total. The number of benzene rings is 2. The van der Waals surface area contributed by atoms with Gasteiger partial charge in [0, 0.05) is 67.6 Å². The van der Waals surface area contributed by atoms with Crippen molar-refractivity contribution in [1.82, 2.24) is 62.8 Å². The highest BCUT2D eigenvalue weighted by molar-refractivity contribution is 5.98. The smallest absolute Gasteiger partial charge is 0.243 e. The van der Waals surface area contributed by atoms with E-state index in [0.29, 0.717) is 22.2 Å². The van der Waals surface area contributed by atoms with Crippen molar-refractivity contribution in [2.45, 2.75) is 161 Å². The Morgan fingerprint density at radius 2 is 1.19 bits per heavy atom. The fourth-order valence-corrected chi connectivity index (χ4v) is 9.45. The van der Waals surface area contributed by atoms with Crippen LogP contribution in [0.25, 0.3) is 10.9 Å². The first-order chi connectivity index (χ1) is 41.7. The number of ether oxygens (including phenoxy) is 1. The third-order valence-corrected chi connectivity index (χ3v) is 14.1. The van der Waals surface area contributed by atoms with Crippen molar-refractivity contribution in [3.05, 3.63) is 90.1 Å². The SMILES string of the molecule is CC(C)CC(NC(=O)CC(O)C(CC(C)C)NC(=O)C(Cc1cnc[nH]1)NC(=O)CNC(=O)C(NC(=O)C(C)NC(=O)C(Cc1c[nH]c2ccccc12)NC(=O)C(CCC(N)=O)NC(=O)C(Cc1ccccc1)NC(=O)CCOCCN)C(C)C)C(N)=O. The van der Waals surface area contributed by atoms with Gasteiger partial charge in [-0.1, -0.05) is 90.1 Å². The Morgan fingerprint density at radius 1 is 0.591 bits per heavy atom. The lowest BCUT2D eigenvalue weighted by molar-refractivity contribution is -0.135. The maximum Gasteiger partial charge on any atom is 0.243 e. The molecule has 2 aromatic heterocycles. The minimum atomic E-state index is -1.47. The molecule has 2 aromatic carbocycles. The average Bonchev–Trinajstić information content (AvgIpc) is 4.34. The number of rotatable bonds is 39. The van der Waals surface area contributed by atoms with Gasteiger partial charge in [-0.2, -0.15) is 0 Å². The van der Waals surface area contributed by atoms with Crippen LogP contribution in [0.15, 0.2) is 73.3 Å². The molecule has 0 spiro atoms. The van der Waals surface area contributed by atoms with E-state index in [9.17, 15) is 57.8 Å². The molecule has 0 aliphatic rings. The summed E-state index contributed by atoms with van der Waals surface area (Å²) in [6.07, 6.45) is 2.05. The highest BCUT2D eigenvalue weighted by Gasteiger charge is 2.35. The standard InChI is InChI=1S/C60H89N15O13/c1-33(2)23-43(48(76)28-51(79)69-44(54(63)81)24-34(3)4)73-59(86)47(27-39-30-64-32-67-39)71-52(80)31-66-60(87)53(35(5)6)75-55(82)36(7)68-57(84)46(26-38-29-65-41-16-12-11-15-40(38)41)74-56(83)42(17-18-49(62)77)72-58(85)45(25-37-13-9-8-10-14-37)70-50(78)19-21-88-22-20-61/h8-16,29-30,32-36,42-48,53,65,76H,17-28,31,61H2,1-7H3,(H2,62,77)(H2,63,81)(H,64,67)(H,66,87)(H,68,84)(H,69,79)(H,70,78)(H,71,80)(H,72,85)(H,73,86)(H,74,83)(H,75,82). The van der Waals surface area contributed by atoms with Gasteiger partial charge in [0.2, 0.25) is 65.0 Å². The molecule has 18 N–H and O–H groups in total. The molecule has 2 heterocycles. The van der Waals surface area contributed by atoms with Gasteiger partial charge in [-0.05, 0) is 61.1 Å². The molecule has 88 heavy (non-hydrogen) atoms. The van der Waals surface area contributed by atoms with Crippen LogP contribution >= 0.6 is 0 Å². The van der Waals surface area contributed by atoms with Crippen LogP contribution in [-0.2, 0) is 76.7 Å². The Kier molecular flexibility index (Phi) is 29.7. The number of para-hydroxylation sites is 1. The van der Waals surface area contributed by atoms with Crippen molar-refractivity contribution in [3.63, 3.8) is 0 Å². The van der Waals surface area contributed by atoms with E-state index in [4.69, 9.17) is 21.9 Å². The van der Waals surface area contributed by atoms with Gasteiger partial charge in [-0.3, -0.25) is 52.7 Å². The number of hydrogen-bond acceptors (Lipinski definition) is 15. The number of aliphatic hydroxyl groups excluding tert-OH is 1. The minimum absolute atomic E-state index is 0.0152. The second kappa shape index (κ2) is 36.4. The van der Waals surface area contributed by atoms with Crippen LogP contribution in [0, 0.1) is 17.8 Å². The number of amides is 11. The van der Waals surface area contributed by atoms with E-state index in [1.807, 2.05) is 33.8 Å². The fourth-order valence-electron chi connectivity index (χ4n) is 9.45. The summed E-state index contributed by atoms with van der Waals surface area (Å²) >= 11 is 0. The molecule has 4 rings (SSSR count). The van der Waals surface area contributed by atoms with Crippen molar-refractivity contribution in [1.29, 1.82) is 0 Å². The molecule has 0 aliphatic carbocycles. The second-order valence-electron chi connectivity index (χ2n) is 22.9. The topological polar surface area (TPSA) is 448 Å². The number of nitrogens with one attached hydrogen (secondary N) is 11. The molecule has 11 amide bonds. The molecule has 4 aromatic rings. The first-order valence-electron chi connectivity index (χ1n) is 29.5. The number of fused-ring (bicyclic) bond motifs is 1. The average molecular weight is 1230 g/mol. The predicted octanol–water partition coefficient (Wildman–Crippen LogP) is -1.45. The number of H-pyrrole nitrogens is 2. The summed E-state index contributed by atoms with van der Waals surface area (Å²) in [5.74, 6) is -9.06. The van der Waals surface area contributed by atoms with E-state index >= 15 is 0 Å². The highest BCUT2D eigenvalue weighted by Crippen LogP contribution is 2.20. The maximum absolute atomic E-state index is 14.4. The van der Waals surface area contributed by atoms with Gasteiger partial charge >= 0.3 is 0 Å². The van der Waals surface area contributed by atoms with Gasteiger partial charge in [0.05, 0.1) is 44.7 Å². The largest absolute Gasteiger partial charge is 0.390 e. The van der Waals surface area contributed by atoms with Gasteiger partial charge < -0.3 is 84.9 Å². The van der Waals surface area contributed by atoms with Crippen LogP contribution in [0.5, 0.6) is 0 Å². The van der Waals surface area contributed by atoms with Crippen LogP contribution in [0.1, 0.15) is 104 Å². The van der Waals surface area contributed by atoms with E-state index in [0.717, 1.165) is 5.52 Å². The quantitative estimate of drug-likeness (QED) is 0.0227. The van der Waals surface area contributed by atoms with Crippen molar-refractivity contribution >= 4 is 75.9 Å². The number of primary amides is 2. The summed E-state index contributed by atoms with van der Waals surface area (Å²) in [5.41, 5.74) is 18.9. The van der Waals surface area contributed by atoms with E-state index in [1.165, 1.54) is 19.4 Å². The molecule has 0 saturated heterocycles. The normalized spacial score (nSPS) is 14.4. The van der Waals surface area contributed by atoms with E-state index < -0.39 is 138 Å². The van der Waals surface area contributed by atoms with Crippen molar-refractivity contribution in [3.8, 4) is 0 Å². The molecule has 0 radical (unpaired) electrons. The number of nitrogens with zero attached hydrogens (tertiary/aromatic N) is 1. The number of carbonyl (C=O) groups is 11. The number of aromatic nitrogens is 3. The van der Waals surface area contributed by atoms with E-state index in [-0.39, 0.29) is 83.0 Å². The molecular formula is C60H89N15O13. The molecular weight excluding hydrogens is 1140 g/mol. The lowest BCUT2D eigenvalue weighted by Crippen LogP contribution is -2.60. The van der Waals surface area contributed by atoms with Crippen LogP contribution in [-0.4, -0.2) is 166 Å². The molecule has 482 valence electrons. The Morgan fingerprint density at radius 3 is 1.83 bits per heavy atom. The first-order valence-corrected chi connectivity index (χ1v) is 29.5. The summed E-state index contributed by atoms with van der Waals surface area (Å²) in [6.45, 7) is 11.8. The minimum Gasteiger partial charge on any atom is -0.390 e. The Labute approximate surface area is 511 Å². The van der Waals surface area contributed by atoms with Gasteiger partial charge in [0.1, 0.15) is 42.3 Å². The number of aliphatic hydroxyl groups is 1. The van der Waals surface area contributed by atoms with Crippen LogP contribution in [0.2, 0.25) is 0 Å². The molecule has 9 atom stereocenters. The predicted molar refractivity (Wildman–Crippen MR) is 325 cm³/mol. The second-order valence-corrected chi connectivity index (χ2v) is 22.9. The molecule has 28 heteroatoms. The lowest BCUT2D eigenvalue weighted by Gasteiger charge is -2.28. The number of carbonyl (C=O) groups excluding carboxylic acids is 11. The zero-order valence-electron chi connectivity index (χ0n) is 51.1. The molecule has 9 unspecified atom stereocenters. The maximum atomic E-state index is 14.4. The summed E-state index contributed by atoms with van der Waals surface area (Å²) < 4.78 is 5.34. The lowest BCUT2D eigenvalue weighted by atomic mass is 9.96. The highest BCUT2D eigenvalue weighted by atomic mass is 16.5. The Hall–Kier alpha value is -8.76. The summed E-state index contributed by atoms with van der Waals surface area (Å²) in [4.78, 5) is 158. The summed E-state index contributed by atoms with van der Waals surface area (Å²) in [5, 5.41) is 35.7. The third-order valence-electron chi connectivity index (χ3n) is 14.1. The molecule has 0 bridgehead atoms. The van der Waals surface area contributed by atoms with Gasteiger partial charge in [0.15, 0.2) is 0 Å². The summed E-state index contributed by atoms with van der Waals surface area (Å²) in [7, 11) is 0. The first kappa shape index (κ1) is 71.7. The monoisotopic (exact) mass is 1230 g/mol. The zero-order valence-corrected chi connectivity index (χ0v) is 51.1. The summed E-state index contributed by atoms with van der Waals surface area (Å²) in [6, 6.07) is 5.99. The van der Waals surface area contributed by atoms with Crippen molar-refractivity contribution < 1.29 is 62.6 Å². The Bertz CT molecular complexity index is 2950. The Balaban J connectivity index is 1.48. The van der Waals surface area contributed by atoms with Gasteiger partial charge in [-0.25, -0.2) is 4.98 Å². The number of hydrogen-bond donors (Lipinski definition) is 15. The molecule has 0 saturated carbocycles. The number of imidazole rings is 1. The van der Waals surface area contributed by atoms with Crippen LogP contribution in [0.4, 0.5) is 0 Å². The molecule has 0 aliphatic heterocycles. The third kappa shape index (κ3) is 24.9. The number of aromatic amines is 2. The fraction of sp³-hybridized carbons (Fsp3) is 0.533. The van der Waals surface area contributed by atoms with Crippen LogP contribution < -0.4 is 65.1 Å². The number of nitrogens with two attached hydrogens (primary N) is 3. The van der Waals surface area contributed by atoms with Gasteiger partial charge in [-0.15, -0.1) is 0 Å². The van der Waals surface area contributed by atoms with Crippen molar-refractivity contribution in [2.75, 3.05) is 26.3 Å². The molecule has 0 fully saturated rings.